The van der Waals surface area contributed by atoms with Crippen molar-refractivity contribution >= 4 is 29.3 Å². The predicted octanol–water partition coefficient (Wildman–Crippen LogP) is 2.96. The molecule has 0 aliphatic heterocycles. The van der Waals surface area contributed by atoms with Crippen LogP contribution in [0.25, 0.3) is 0 Å². The van der Waals surface area contributed by atoms with Gasteiger partial charge in [0.15, 0.2) is 0 Å². The number of amides is 2. The molecule has 102 valence electrons. The molecule has 0 saturated heterocycles. The second-order valence-electron chi connectivity index (χ2n) is 4.69. The molecule has 0 heterocycles. The minimum Gasteiger partial charge on any atom is -0.478 e. The Kier molecular flexibility index (Phi) is 3.95. The van der Waals surface area contributed by atoms with Gasteiger partial charge in [0.25, 0.3) is 0 Å². The molecule has 0 bridgehead atoms. The summed E-state index contributed by atoms with van der Waals surface area (Å²) in [6.07, 6.45) is 2.25. The molecule has 0 aromatic heterocycles. The second-order valence-corrected chi connectivity index (χ2v) is 5.10. The van der Waals surface area contributed by atoms with Crippen molar-refractivity contribution in [3.8, 4) is 0 Å². The minimum atomic E-state index is -1.17. The first-order valence-electron chi connectivity index (χ1n) is 6.08. The third kappa shape index (κ3) is 3.38. The average Bonchev–Trinajstić information content (AvgIpc) is 3.11. The number of carbonyl (C=O) groups is 2. The van der Waals surface area contributed by atoms with Crippen LogP contribution in [0.4, 0.5) is 10.5 Å². The Morgan fingerprint density at radius 2 is 2.11 bits per heavy atom. The number of hydrogen-bond donors (Lipinski definition) is 3. The second kappa shape index (κ2) is 5.48. The summed E-state index contributed by atoms with van der Waals surface area (Å²) >= 11 is 5.82. The van der Waals surface area contributed by atoms with Gasteiger partial charge in [-0.3, -0.25) is 0 Å². The van der Waals surface area contributed by atoms with Crippen molar-refractivity contribution < 1.29 is 14.7 Å². The van der Waals surface area contributed by atoms with E-state index in [0.29, 0.717) is 5.92 Å². The van der Waals surface area contributed by atoms with Crippen molar-refractivity contribution in [2.45, 2.75) is 25.8 Å². The lowest BCUT2D eigenvalue weighted by atomic mass is 10.2. The van der Waals surface area contributed by atoms with Crippen LogP contribution in [0, 0.1) is 5.92 Å². The van der Waals surface area contributed by atoms with Gasteiger partial charge in [0.2, 0.25) is 0 Å². The molecule has 1 aromatic carbocycles. The highest BCUT2D eigenvalue weighted by atomic mass is 35.5. The zero-order valence-corrected chi connectivity index (χ0v) is 11.2. The Balaban J connectivity index is 2.07. The number of aromatic carboxylic acids is 1. The number of urea groups is 1. The normalized spacial score (nSPS) is 15.7. The Bertz CT molecular complexity index is 515. The fourth-order valence-electron chi connectivity index (χ4n) is 1.92. The van der Waals surface area contributed by atoms with Gasteiger partial charge in [-0.1, -0.05) is 17.7 Å². The van der Waals surface area contributed by atoms with Crippen LogP contribution in [0.1, 0.15) is 30.1 Å². The van der Waals surface area contributed by atoms with E-state index in [1.807, 2.05) is 6.92 Å². The number of carboxylic acids is 1. The first-order valence-corrected chi connectivity index (χ1v) is 6.46. The highest BCUT2D eigenvalue weighted by Gasteiger charge is 2.29. The molecule has 5 nitrogen and oxygen atoms in total. The Morgan fingerprint density at radius 1 is 1.42 bits per heavy atom. The van der Waals surface area contributed by atoms with E-state index in [0.717, 1.165) is 12.8 Å². The number of carbonyl (C=O) groups excluding carboxylic acids is 1. The molecule has 0 spiro atoms. The van der Waals surface area contributed by atoms with E-state index in [1.165, 1.54) is 12.1 Å². The van der Waals surface area contributed by atoms with Crippen LogP contribution in [0.2, 0.25) is 5.02 Å². The van der Waals surface area contributed by atoms with Gasteiger partial charge in [-0.15, -0.1) is 0 Å². The molecular weight excluding hydrogens is 268 g/mol. The largest absolute Gasteiger partial charge is 0.478 e. The van der Waals surface area contributed by atoms with Gasteiger partial charge in [0, 0.05) is 6.04 Å². The number of nitrogens with one attached hydrogen (secondary N) is 2. The van der Waals surface area contributed by atoms with E-state index in [2.05, 4.69) is 10.6 Å². The molecule has 1 aliphatic rings. The van der Waals surface area contributed by atoms with E-state index >= 15 is 0 Å². The van der Waals surface area contributed by atoms with Crippen LogP contribution in [-0.2, 0) is 0 Å². The number of hydrogen-bond acceptors (Lipinski definition) is 2. The van der Waals surface area contributed by atoms with Crippen molar-refractivity contribution in [3.05, 3.63) is 28.8 Å². The summed E-state index contributed by atoms with van der Waals surface area (Å²) in [5.41, 5.74) is 0.0962. The van der Waals surface area contributed by atoms with Gasteiger partial charge in [-0.05, 0) is 37.8 Å². The Morgan fingerprint density at radius 3 is 2.68 bits per heavy atom. The maximum absolute atomic E-state index is 11.8. The standard InChI is InChI=1S/C13H15ClN2O3/c1-7(8-5-6-8)15-13(19)16-10-4-2-3-9(14)11(10)12(17)18/h2-4,7-8H,5-6H2,1H3,(H,17,18)(H2,15,16,19). The molecule has 3 N–H and O–H groups in total. The summed E-state index contributed by atoms with van der Waals surface area (Å²) in [4.78, 5) is 22.9. The van der Waals surface area contributed by atoms with Crippen molar-refractivity contribution in [1.29, 1.82) is 0 Å². The van der Waals surface area contributed by atoms with E-state index in [9.17, 15) is 9.59 Å². The zero-order chi connectivity index (χ0) is 14.0. The van der Waals surface area contributed by atoms with Crippen LogP contribution in [0.3, 0.4) is 0 Å². The van der Waals surface area contributed by atoms with Crippen LogP contribution < -0.4 is 10.6 Å². The summed E-state index contributed by atoms with van der Waals surface area (Å²) in [6.45, 7) is 1.94. The molecule has 2 amide bonds. The SMILES string of the molecule is CC(NC(=O)Nc1cccc(Cl)c1C(=O)O)C1CC1. The van der Waals surface area contributed by atoms with Crippen molar-refractivity contribution in [1.82, 2.24) is 5.32 Å². The van der Waals surface area contributed by atoms with Crippen LogP contribution in [0.15, 0.2) is 18.2 Å². The monoisotopic (exact) mass is 282 g/mol. The molecule has 2 rings (SSSR count). The van der Waals surface area contributed by atoms with Crippen molar-refractivity contribution in [2.24, 2.45) is 5.92 Å². The molecule has 1 aliphatic carbocycles. The van der Waals surface area contributed by atoms with Crippen LogP contribution in [-0.4, -0.2) is 23.1 Å². The maximum atomic E-state index is 11.8. The molecule has 1 fully saturated rings. The van der Waals surface area contributed by atoms with Crippen molar-refractivity contribution in [2.75, 3.05) is 5.32 Å². The zero-order valence-electron chi connectivity index (χ0n) is 10.4. The number of halogens is 1. The number of rotatable bonds is 4. The molecule has 6 heteroatoms. The molecule has 1 atom stereocenters. The lowest BCUT2D eigenvalue weighted by Gasteiger charge is -2.15. The summed E-state index contributed by atoms with van der Waals surface area (Å²) in [6, 6.07) is 4.25. The molecule has 19 heavy (non-hydrogen) atoms. The Labute approximate surface area is 116 Å². The van der Waals surface area contributed by atoms with Gasteiger partial charge < -0.3 is 15.7 Å². The highest BCUT2D eigenvalue weighted by molar-refractivity contribution is 6.34. The van der Waals surface area contributed by atoms with Gasteiger partial charge in [0.1, 0.15) is 5.56 Å². The van der Waals surface area contributed by atoms with E-state index in [4.69, 9.17) is 16.7 Å². The van der Waals surface area contributed by atoms with E-state index in [-0.39, 0.29) is 22.3 Å². The fourth-order valence-corrected chi connectivity index (χ4v) is 2.18. The maximum Gasteiger partial charge on any atom is 0.339 e. The van der Waals surface area contributed by atoms with Crippen LogP contribution in [0.5, 0.6) is 0 Å². The predicted molar refractivity (Wildman–Crippen MR) is 72.8 cm³/mol. The van der Waals surface area contributed by atoms with Gasteiger partial charge in [0.05, 0.1) is 10.7 Å². The molecule has 0 radical (unpaired) electrons. The Hall–Kier alpha value is -1.75. The number of carboxylic acid groups (broad SMARTS) is 1. The summed E-state index contributed by atoms with van der Waals surface area (Å²) in [5, 5.41) is 14.5. The molecule has 1 saturated carbocycles. The average molecular weight is 283 g/mol. The molecule has 1 unspecified atom stereocenters. The number of anilines is 1. The quantitative estimate of drug-likeness (QED) is 0.794. The van der Waals surface area contributed by atoms with Gasteiger partial charge >= 0.3 is 12.0 Å². The van der Waals surface area contributed by atoms with Gasteiger partial charge in [-0.25, -0.2) is 9.59 Å². The van der Waals surface area contributed by atoms with Crippen molar-refractivity contribution in [3.63, 3.8) is 0 Å². The minimum absolute atomic E-state index is 0.0902. The topological polar surface area (TPSA) is 78.4 Å². The van der Waals surface area contributed by atoms with E-state index < -0.39 is 12.0 Å². The van der Waals surface area contributed by atoms with Gasteiger partial charge in [-0.2, -0.15) is 0 Å². The van der Waals surface area contributed by atoms with Crippen LogP contribution >= 0.6 is 11.6 Å². The summed E-state index contributed by atoms with van der Waals surface area (Å²) < 4.78 is 0. The first-order chi connectivity index (χ1) is 8.99. The third-order valence-electron chi connectivity index (χ3n) is 3.16. The summed E-state index contributed by atoms with van der Waals surface area (Å²) in [7, 11) is 0. The smallest absolute Gasteiger partial charge is 0.339 e. The molecular formula is C13H15ClN2O3. The fraction of sp³-hybridized carbons (Fsp3) is 0.385. The van der Waals surface area contributed by atoms with E-state index in [1.54, 1.807) is 6.07 Å². The third-order valence-corrected chi connectivity index (χ3v) is 3.48. The lowest BCUT2D eigenvalue weighted by molar-refractivity contribution is 0.0698. The summed E-state index contributed by atoms with van der Waals surface area (Å²) in [5.74, 6) is -0.639. The highest BCUT2D eigenvalue weighted by Crippen LogP contribution is 2.32. The number of benzene rings is 1. The first kappa shape index (κ1) is 13.7. The lowest BCUT2D eigenvalue weighted by Crippen LogP contribution is -2.37. The molecule has 1 aromatic rings.